The van der Waals surface area contributed by atoms with Crippen molar-refractivity contribution in [2.24, 2.45) is 5.73 Å². The number of hydrogen-bond acceptors (Lipinski definition) is 3. The zero-order valence-electron chi connectivity index (χ0n) is 15.7. The van der Waals surface area contributed by atoms with Crippen molar-refractivity contribution in [2.75, 3.05) is 7.11 Å². The van der Waals surface area contributed by atoms with Crippen LogP contribution >= 0.6 is 0 Å². The summed E-state index contributed by atoms with van der Waals surface area (Å²) in [7, 11) is 1.27. The molecule has 1 unspecified atom stereocenters. The van der Waals surface area contributed by atoms with E-state index in [1.807, 2.05) is 24.3 Å². The van der Waals surface area contributed by atoms with Crippen LogP contribution in [0.25, 0.3) is 5.57 Å². The smallest absolute Gasteiger partial charge is 0.322 e. The second-order valence-electron chi connectivity index (χ2n) is 6.41. The lowest BCUT2D eigenvalue weighted by molar-refractivity contribution is -0.142. The fourth-order valence-corrected chi connectivity index (χ4v) is 2.82. The number of methoxy groups -OCH3 is 1. The molecule has 0 saturated carbocycles. The topological polar surface area (TPSA) is 52.3 Å². The Kier molecular flexibility index (Phi) is 7.67. The van der Waals surface area contributed by atoms with Crippen molar-refractivity contribution in [1.29, 1.82) is 0 Å². The first kappa shape index (κ1) is 20.8. The molecule has 0 aliphatic carbocycles. The van der Waals surface area contributed by atoms with Crippen LogP contribution in [0.3, 0.4) is 0 Å². The number of hydrogen-bond donors (Lipinski definition) is 1. The molecule has 0 aliphatic rings. The second kappa shape index (κ2) is 9.97. The van der Waals surface area contributed by atoms with Gasteiger partial charge >= 0.3 is 5.97 Å². The molecule has 144 valence electrons. The molecule has 0 saturated heterocycles. The SMILES string of the molecule is CCCCc1ccc(C(=CCC(N)C(=O)OC)c2ccc(F)cc2F)cc1. The average Bonchev–Trinajstić information content (AvgIpc) is 2.67. The number of halogens is 2. The second-order valence-corrected chi connectivity index (χ2v) is 6.41. The Morgan fingerprint density at radius 3 is 2.48 bits per heavy atom. The largest absolute Gasteiger partial charge is 0.468 e. The lowest BCUT2D eigenvalue weighted by atomic mass is 9.94. The third kappa shape index (κ3) is 5.73. The number of esters is 1. The molecule has 0 fully saturated rings. The maximum atomic E-state index is 14.4. The zero-order chi connectivity index (χ0) is 19.8. The maximum Gasteiger partial charge on any atom is 0.322 e. The standard InChI is InChI=1S/C22H25F2NO2/c1-3-4-5-15-6-8-16(9-7-15)18(12-13-21(25)22(26)27-2)19-11-10-17(23)14-20(19)24/h6-12,14,21H,3-5,13,25H2,1-2H3. The zero-order valence-corrected chi connectivity index (χ0v) is 15.7. The summed E-state index contributed by atoms with van der Waals surface area (Å²) in [6.07, 6.45) is 5.06. The number of rotatable bonds is 8. The number of carbonyl (C=O) groups is 1. The molecule has 27 heavy (non-hydrogen) atoms. The van der Waals surface area contributed by atoms with E-state index in [1.54, 1.807) is 6.08 Å². The highest BCUT2D eigenvalue weighted by atomic mass is 19.1. The van der Waals surface area contributed by atoms with Crippen LogP contribution < -0.4 is 5.73 Å². The molecule has 0 amide bonds. The molecular formula is C22H25F2NO2. The van der Waals surface area contributed by atoms with Crippen molar-refractivity contribution < 1.29 is 18.3 Å². The summed E-state index contributed by atoms with van der Waals surface area (Å²) < 4.78 is 32.3. The van der Waals surface area contributed by atoms with Gasteiger partial charge < -0.3 is 10.5 Å². The van der Waals surface area contributed by atoms with Crippen LogP contribution in [0.1, 0.15) is 42.9 Å². The third-order valence-electron chi connectivity index (χ3n) is 4.39. The van der Waals surface area contributed by atoms with E-state index in [0.717, 1.165) is 30.9 Å². The predicted molar refractivity (Wildman–Crippen MR) is 103 cm³/mol. The normalized spacial score (nSPS) is 12.7. The highest BCUT2D eigenvalue weighted by Crippen LogP contribution is 2.27. The van der Waals surface area contributed by atoms with Gasteiger partial charge in [-0.1, -0.05) is 43.7 Å². The highest BCUT2D eigenvalue weighted by molar-refractivity contribution is 5.81. The first-order chi connectivity index (χ1) is 13.0. The Morgan fingerprint density at radius 1 is 1.19 bits per heavy atom. The van der Waals surface area contributed by atoms with E-state index in [1.165, 1.54) is 24.8 Å². The molecule has 0 radical (unpaired) electrons. The lowest BCUT2D eigenvalue weighted by Gasteiger charge is -2.13. The van der Waals surface area contributed by atoms with Gasteiger partial charge in [-0.2, -0.15) is 0 Å². The predicted octanol–water partition coefficient (Wildman–Crippen LogP) is 4.63. The quantitative estimate of drug-likeness (QED) is 0.687. The summed E-state index contributed by atoms with van der Waals surface area (Å²) in [4.78, 5) is 11.6. The van der Waals surface area contributed by atoms with Gasteiger partial charge in [0.15, 0.2) is 0 Å². The van der Waals surface area contributed by atoms with Crippen LogP contribution in [0, 0.1) is 11.6 Å². The van der Waals surface area contributed by atoms with Crippen molar-refractivity contribution >= 4 is 11.5 Å². The maximum absolute atomic E-state index is 14.4. The first-order valence-corrected chi connectivity index (χ1v) is 9.04. The molecule has 0 aliphatic heterocycles. The van der Waals surface area contributed by atoms with Crippen LogP contribution in [0.2, 0.25) is 0 Å². The van der Waals surface area contributed by atoms with Crippen LogP contribution in [0.4, 0.5) is 8.78 Å². The molecule has 2 aromatic rings. The fourth-order valence-electron chi connectivity index (χ4n) is 2.82. The van der Waals surface area contributed by atoms with Crippen LogP contribution in [-0.4, -0.2) is 19.1 Å². The fraction of sp³-hybridized carbons (Fsp3) is 0.318. The first-order valence-electron chi connectivity index (χ1n) is 9.04. The summed E-state index contributed by atoms with van der Waals surface area (Å²) in [6, 6.07) is 10.4. The van der Waals surface area contributed by atoms with Crippen LogP contribution in [0.5, 0.6) is 0 Å². The lowest BCUT2D eigenvalue weighted by Crippen LogP contribution is -2.30. The van der Waals surface area contributed by atoms with E-state index >= 15 is 0 Å². The van der Waals surface area contributed by atoms with Gasteiger partial charge in [-0.15, -0.1) is 0 Å². The van der Waals surface area contributed by atoms with E-state index in [2.05, 4.69) is 11.7 Å². The van der Waals surface area contributed by atoms with Crippen molar-refractivity contribution in [3.63, 3.8) is 0 Å². The van der Waals surface area contributed by atoms with Gasteiger partial charge in [0.05, 0.1) is 7.11 Å². The number of ether oxygens (including phenoxy) is 1. The van der Waals surface area contributed by atoms with Crippen molar-refractivity contribution in [3.05, 3.63) is 76.9 Å². The molecule has 5 heteroatoms. The molecule has 0 heterocycles. The molecule has 2 rings (SSSR count). The summed E-state index contributed by atoms with van der Waals surface area (Å²) in [5.74, 6) is -1.85. The Hall–Kier alpha value is -2.53. The van der Waals surface area contributed by atoms with E-state index < -0.39 is 23.6 Å². The minimum Gasteiger partial charge on any atom is -0.468 e. The van der Waals surface area contributed by atoms with Gasteiger partial charge in [0.1, 0.15) is 17.7 Å². The Balaban J connectivity index is 2.38. The van der Waals surface area contributed by atoms with Crippen molar-refractivity contribution in [1.82, 2.24) is 0 Å². The monoisotopic (exact) mass is 373 g/mol. The minimum atomic E-state index is -0.850. The summed E-state index contributed by atoms with van der Waals surface area (Å²) in [5.41, 5.74) is 8.60. The van der Waals surface area contributed by atoms with Crippen LogP contribution in [-0.2, 0) is 16.0 Å². The summed E-state index contributed by atoms with van der Waals surface area (Å²) in [6.45, 7) is 2.14. The van der Waals surface area contributed by atoms with E-state index in [9.17, 15) is 13.6 Å². The summed E-state index contributed by atoms with van der Waals surface area (Å²) in [5, 5.41) is 0. The highest BCUT2D eigenvalue weighted by Gasteiger charge is 2.15. The Bertz CT molecular complexity index is 800. The summed E-state index contributed by atoms with van der Waals surface area (Å²) >= 11 is 0. The average molecular weight is 373 g/mol. The Morgan fingerprint density at radius 2 is 1.89 bits per heavy atom. The number of unbranched alkanes of at least 4 members (excludes halogenated alkanes) is 1. The van der Waals surface area contributed by atoms with E-state index in [0.29, 0.717) is 5.57 Å². The molecule has 2 N–H and O–H groups in total. The van der Waals surface area contributed by atoms with Gasteiger partial charge in [-0.3, -0.25) is 4.79 Å². The number of aryl methyl sites for hydroxylation is 1. The molecule has 0 spiro atoms. The van der Waals surface area contributed by atoms with E-state index in [4.69, 9.17) is 5.73 Å². The number of nitrogens with two attached hydrogens (primary N) is 1. The van der Waals surface area contributed by atoms with Crippen molar-refractivity contribution in [2.45, 2.75) is 38.6 Å². The van der Waals surface area contributed by atoms with Gasteiger partial charge in [-0.05, 0) is 48.1 Å². The molecule has 0 aromatic heterocycles. The number of carbonyl (C=O) groups excluding carboxylic acids is 1. The van der Waals surface area contributed by atoms with E-state index in [-0.39, 0.29) is 12.0 Å². The third-order valence-corrected chi connectivity index (χ3v) is 4.39. The van der Waals surface area contributed by atoms with Crippen LogP contribution in [0.15, 0.2) is 48.5 Å². The van der Waals surface area contributed by atoms with Gasteiger partial charge in [-0.25, -0.2) is 8.78 Å². The van der Waals surface area contributed by atoms with Crippen molar-refractivity contribution in [3.8, 4) is 0 Å². The molecule has 3 nitrogen and oxygen atoms in total. The number of benzene rings is 2. The van der Waals surface area contributed by atoms with Gasteiger partial charge in [0.25, 0.3) is 0 Å². The van der Waals surface area contributed by atoms with Gasteiger partial charge in [0, 0.05) is 11.6 Å². The molecule has 1 atom stereocenters. The molecule has 0 bridgehead atoms. The Labute approximate surface area is 158 Å². The van der Waals surface area contributed by atoms with Gasteiger partial charge in [0.2, 0.25) is 0 Å². The molecule has 2 aromatic carbocycles. The minimum absolute atomic E-state index is 0.177. The molecular weight excluding hydrogens is 348 g/mol.